The monoisotopic (exact) mass is 309 g/mol. The molecule has 0 bridgehead atoms. The Morgan fingerprint density at radius 3 is 2.52 bits per heavy atom. The third-order valence-electron chi connectivity index (χ3n) is 3.56. The molecule has 21 heavy (non-hydrogen) atoms. The van der Waals surface area contributed by atoms with Gasteiger partial charge in [0.15, 0.2) is 5.13 Å². The summed E-state index contributed by atoms with van der Waals surface area (Å²) in [5.41, 5.74) is 1.67. The number of hydrogen-bond acceptors (Lipinski definition) is 4. The minimum Gasteiger partial charge on any atom is -0.351 e. The number of hydrogen-bond donors (Lipinski definition) is 1. The summed E-state index contributed by atoms with van der Waals surface area (Å²) >= 11 is 1.88. The molecule has 1 saturated carbocycles. The molecular formula is C17H31N3S. The summed E-state index contributed by atoms with van der Waals surface area (Å²) in [7, 11) is 2.17. The Morgan fingerprint density at radius 1 is 1.33 bits per heavy atom. The van der Waals surface area contributed by atoms with Crippen molar-refractivity contribution >= 4 is 16.5 Å². The van der Waals surface area contributed by atoms with Crippen LogP contribution >= 0.6 is 11.3 Å². The number of thiazole rings is 1. The first kappa shape index (κ1) is 16.8. The van der Waals surface area contributed by atoms with E-state index in [0.29, 0.717) is 11.3 Å². The van der Waals surface area contributed by atoms with Crippen LogP contribution in [0.4, 0.5) is 5.13 Å². The zero-order chi connectivity index (χ0) is 15.6. The third-order valence-corrected chi connectivity index (χ3v) is 4.74. The Labute approximate surface area is 134 Å². The molecule has 1 fully saturated rings. The second-order valence-electron chi connectivity index (χ2n) is 8.02. The van der Waals surface area contributed by atoms with E-state index in [2.05, 4.69) is 51.9 Å². The van der Waals surface area contributed by atoms with Crippen LogP contribution in [0, 0.1) is 11.3 Å². The summed E-state index contributed by atoms with van der Waals surface area (Å²) in [6.07, 6.45) is 2.65. The lowest BCUT2D eigenvalue weighted by atomic mass is 9.96. The SMILES string of the molecule is CC(C)CNCc1sc(N(C)CC(C)(C)C)nc1C1CC1. The van der Waals surface area contributed by atoms with Gasteiger partial charge in [-0.05, 0) is 30.7 Å². The highest BCUT2D eigenvalue weighted by atomic mass is 32.1. The van der Waals surface area contributed by atoms with Gasteiger partial charge >= 0.3 is 0 Å². The van der Waals surface area contributed by atoms with Crippen LogP contribution in [0.2, 0.25) is 0 Å². The Kier molecular flexibility index (Phi) is 5.31. The second-order valence-corrected chi connectivity index (χ2v) is 9.08. The average molecular weight is 310 g/mol. The van der Waals surface area contributed by atoms with Gasteiger partial charge in [-0.25, -0.2) is 4.98 Å². The summed E-state index contributed by atoms with van der Waals surface area (Å²) < 4.78 is 0. The molecule has 1 N–H and O–H groups in total. The van der Waals surface area contributed by atoms with Crippen molar-refractivity contribution in [3.05, 3.63) is 10.6 Å². The first-order valence-corrected chi connectivity index (χ1v) is 8.99. The molecule has 2 rings (SSSR count). The van der Waals surface area contributed by atoms with Crippen molar-refractivity contribution in [3.63, 3.8) is 0 Å². The van der Waals surface area contributed by atoms with Crippen molar-refractivity contribution in [2.75, 3.05) is 25.0 Å². The van der Waals surface area contributed by atoms with E-state index in [4.69, 9.17) is 4.98 Å². The second kappa shape index (κ2) is 6.66. The zero-order valence-corrected chi connectivity index (χ0v) is 15.3. The summed E-state index contributed by atoms with van der Waals surface area (Å²) in [6.45, 7) is 14.5. The van der Waals surface area contributed by atoms with Crippen molar-refractivity contribution in [1.82, 2.24) is 10.3 Å². The Bertz CT molecular complexity index is 455. The van der Waals surface area contributed by atoms with Crippen molar-refractivity contribution in [2.24, 2.45) is 11.3 Å². The largest absolute Gasteiger partial charge is 0.351 e. The van der Waals surface area contributed by atoms with Gasteiger partial charge in [0, 0.05) is 30.9 Å². The molecule has 0 aliphatic heterocycles. The van der Waals surface area contributed by atoms with Gasteiger partial charge in [-0.15, -0.1) is 11.3 Å². The lowest BCUT2D eigenvalue weighted by Crippen LogP contribution is -2.28. The van der Waals surface area contributed by atoms with Crippen LogP contribution in [0.3, 0.4) is 0 Å². The van der Waals surface area contributed by atoms with Crippen LogP contribution in [0.15, 0.2) is 0 Å². The van der Waals surface area contributed by atoms with Gasteiger partial charge in [0.1, 0.15) is 0 Å². The van der Waals surface area contributed by atoms with E-state index in [1.165, 1.54) is 28.5 Å². The molecule has 1 aliphatic rings. The molecular weight excluding hydrogens is 278 g/mol. The molecule has 0 spiro atoms. The summed E-state index contributed by atoms with van der Waals surface area (Å²) in [4.78, 5) is 8.73. The van der Waals surface area contributed by atoms with Gasteiger partial charge in [-0.1, -0.05) is 34.6 Å². The third kappa shape index (κ3) is 5.26. The lowest BCUT2D eigenvalue weighted by molar-refractivity contribution is 0.418. The maximum Gasteiger partial charge on any atom is 0.185 e. The number of nitrogens with zero attached hydrogens (tertiary/aromatic N) is 2. The molecule has 0 aromatic carbocycles. The molecule has 3 nitrogen and oxygen atoms in total. The van der Waals surface area contributed by atoms with Gasteiger partial charge in [-0.2, -0.15) is 0 Å². The highest BCUT2D eigenvalue weighted by Crippen LogP contribution is 2.44. The van der Waals surface area contributed by atoms with Crippen molar-refractivity contribution in [3.8, 4) is 0 Å². The van der Waals surface area contributed by atoms with Gasteiger partial charge in [-0.3, -0.25) is 0 Å². The minimum absolute atomic E-state index is 0.302. The zero-order valence-electron chi connectivity index (χ0n) is 14.5. The van der Waals surface area contributed by atoms with E-state index in [1.807, 2.05) is 11.3 Å². The molecule has 0 saturated heterocycles. The maximum atomic E-state index is 4.96. The molecule has 0 radical (unpaired) electrons. The van der Waals surface area contributed by atoms with Gasteiger partial charge in [0.05, 0.1) is 5.69 Å². The van der Waals surface area contributed by atoms with Gasteiger partial charge < -0.3 is 10.2 Å². The van der Waals surface area contributed by atoms with E-state index in [0.717, 1.165) is 25.6 Å². The van der Waals surface area contributed by atoms with Crippen molar-refractivity contribution < 1.29 is 0 Å². The van der Waals surface area contributed by atoms with Crippen LogP contribution in [0.5, 0.6) is 0 Å². The Morgan fingerprint density at radius 2 is 2.00 bits per heavy atom. The molecule has 0 unspecified atom stereocenters. The number of anilines is 1. The van der Waals surface area contributed by atoms with Crippen LogP contribution < -0.4 is 10.2 Å². The lowest BCUT2D eigenvalue weighted by Gasteiger charge is -2.26. The molecule has 1 aromatic rings. The number of rotatable bonds is 7. The Balaban J connectivity index is 2.05. The van der Waals surface area contributed by atoms with E-state index >= 15 is 0 Å². The van der Waals surface area contributed by atoms with E-state index in [1.54, 1.807) is 0 Å². The summed E-state index contributed by atoms with van der Waals surface area (Å²) in [5, 5.41) is 4.76. The van der Waals surface area contributed by atoms with Crippen LogP contribution in [0.25, 0.3) is 0 Å². The Hall–Kier alpha value is -0.610. The number of nitrogens with one attached hydrogen (secondary N) is 1. The molecule has 1 heterocycles. The maximum absolute atomic E-state index is 4.96. The highest BCUT2D eigenvalue weighted by Gasteiger charge is 2.30. The molecule has 1 aliphatic carbocycles. The van der Waals surface area contributed by atoms with Crippen LogP contribution in [0.1, 0.15) is 63.9 Å². The van der Waals surface area contributed by atoms with Gasteiger partial charge in [0.25, 0.3) is 0 Å². The standard InChI is InChI=1S/C17H31N3S/c1-12(2)9-18-10-14-15(13-7-8-13)19-16(21-14)20(6)11-17(3,4)5/h12-13,18H,7-11H2,1-6H3. The molecule has 4 heteroatoms. The quantitative estimate of drug-likeness (QED) is 0.816. The highest BCUT2D eigenvalue weighted by molar-refractivity contribution is 7.15. The normalized spacial score (nSPS) is 15.8. The van der Waals surface area contributed by atoms with Crippen molar-refractivity contribution in [1.29, 1.82) is 0 Å². The van der Waals surface area contributed by atoms with E-state index in [9.17, 15) is 0 Å². The predicted molar refractivity (Wildman–Crippen MR) is 93.4 cm³/mol. The van der Waals surface area contributed by atoms with Gasteiger partial charge in [0.2, 0.25) is 0 Å². The average Bonchev–Trinajstić information content (AvgIpc) is 3.08. The fourth-order valence-electron chi connectivity index (χ4n) is 2.57. The summed E-state index contributed by atoms with van der Waals surface area (Å²) in [5.74, 6) is 1.43. The van der Waals surface area contributed by atoms with E-state index < -0.39 is 0 Å². The minimum atomic E-state index is 0.302. The topological polar surface area (TPSA) is 28.2 Å². The fourth-order valence-corrected chi connectivity index (χ4v) is 3.65. The van der Waals surface area contributed by atoms with E-state index in [-0.39, 0.29) is 0 Å². The first-order chi connectivity index (χ1) is 9.76. The fraction of sp³-hybridized carbons (Fsp3) is 0.824. The molecule has 0 amide bonds. The molecule has 120 valence electrons. The predicted octanol–water partition coefficient (Wildman–Crippen LogP) is 4.25. The first-order valence-electron chi connectivity index (χ1n) is 8.17. The van der Waals surface area contributed by atoms with Crippen LogP contribution in [-0.2, 0) is 6.54 Å². The van der Waals surface area contributed by atoms with Crippen molar-refractivity contribution in [2.45, 2.75) is 59.9 Å². The number of aromatic nitrogens is 1. The molecule has 0 atom stereocenters. The summed E-state index contributed by atoms with van der Waals surface area (Å²) in [6, 6.07) is 0. The van der Waals surface area contributed by atoms with Crippen LogP contribution in [-0.4, -0.2) is 25.1 Å². The molecule has 1 aromatic heterocycles. The smallest absolute Gasteiger partial charge is 0.185 e.